The molecule has 132 valence electrons. The van der Waals surface area contributed by atoms with Crippen LogP contribution in [0.25, 0.3) is 0 Å². The van der Waals surface area contributed by atoms with E-state index >= 15 is 0 Å². The topological polar surface area (TPSA) is 57.5 Å². The van der Waals surface area contributed by atoms with Gasteiger partial charge in [-0.1, -0.05) is 37.1 Å². The van der Waals surface area contributed by atoms with E-state index in [2.05, 4.69) is 13.8 Å². The summed E-state index contributed by atoms with van der Waals surface area (Å²) >= 11 is 6.24. The molecule has 0 saturated heterocycles. The van der Waals surface area contributed by atoms with Gasteiger partial charge < -0.3 is 10.2 Å². The molecule has 2 saturated carbocycles. The van der Waals surface area contributed by atoms with E-state index in [0.29, 0.717) is 29.7 Å². The van der Waals surface area contributed by atoms with E-state index in [4.69, 9.17) is 11.6 Å². The largest absolute Gasteiger partial charge is 0.393 e. The molecule has 0 bridgehead atoms. The number of aliphatic hydroxyl groups excluding tert-OH is 2. The van der Waals surface area contributed by atoms with Gasteiger partial charge in [0, 0.05) is 16.9 Å². The molecule has 7 atom stereocenters. The number of hydrogen-bond acceptors (Lipinski definition) is 3. The molecule has 3 nitrogen and oxygen atoms in total. The van der Waals surface area contributed by atoms with Crippen LogP contribution < -0.4 is 0 Å². The molecule has 0 radical (unpaired) electrons. The van der Waals surface area contributed by atoms with Crippen molar-refractivity contribution >= 4 is 17.4 Å². The Balaban J connectivity index is 1.75. The number of fused-ring (bicyclic) bond motifs is 5. The molecule has 0 spiro atoms. The molecule has 4 rings (SSSR count). The minimum Gasteiger partial charge on any atom is -0.393 e. The van der Waals surface area contributed by atoms with Crippen molar-refractivity contribution in [3.63, 3.8) is 0 Å². The highest BCUT2D eigenvalue weighted by molar-refractivity contribution is 6.30. The minimum atomic E-state index is -0.675. The van der Waals surface area contributed by atoms with Gasteiger partial charge in [-0.05, 0) is 61.3 Å². The maximum atomic E-state index is 11.9. The molecule has 24 heavy (non-hydrogen) atoms. The molecule has 0 aromatic heterocycles. The van der Waals surface area contributed by atoms with Crippen LogP contribution in [-0.4, -0.2) is 28.2 Å². The van der Waals surface area contributed by atoms with Crippen LogP contribution in [0, 0.1) is 28.6 Å². The van der Waals surface area contributed by atoms with Crippen molar-refractivity contribution in [3.8, 4) is 0 Å². The van der Waals surface area contributed by atoms with E-state index in [9.17, 15) is 15.0 Å². The van der Waals surface area contributed by atoms with Gasteiger partial charge in [-0.2, -0.15) is 0 Å². The lowest BCUT2D eigenvalue weighted by Gasteiger charge is -2.62. The lowest BCUT2D eigenvalue weighted by molar-refractivity contribution is -0.157. The highest BCUT2D eigenvalue weighted by Crippen LogP contribution is 2.64. The van der Waals surface area contributed by atoms with E-state index in [-0.39, 0.29) is 22.5 Å². The molecule has 0 heterocycles. The molecule has 4 heteroatoms. The molecule has 2 N–H and O–H groups in total. The number of carbonyl (C=O) groups is 1. The minimum absolute atomic E-state index is 0.0759. The summed E-state index contributed by atoms with van der Waals surface area (Å²) in [6.07, 6.45) is 7.55. The van der Waals surface area contributed by atoms with E-state index in [1.165, 1.54) is 5.57 Å². The molecule has 4 aliphatic rings. The monoisotopic (exact) mass is 350 g/mol. The predicted molar refractivity (Wildman–Crippen MR) is 93.4 cm³/mol. The maximum absolute atomic E-state index is 11.9. The Morgan fingerprint density at radius 2 is 2.00 bits per heavy atom. The highest BCUT2D eigenvalue weighted by atomic mass is 35.5. The average molecular weight is 351 g/mol. The number of ketones is 1. The second-order valence-corrected chi connectivity index (χ2v) is 9.33. The van der Waals surface area contributed by atoms with Crippen LogP contribution in [0.5, 0.6) is 0 Å². The van der Waals surface area contributed by atoms with Crippen LogP contribution in [0.15, 0.2) is 22.8 Å². The molecular weight excluding hydrogens is 324 g/mol. The Bertz CT molecular complexity index is 639. The maximum Gasteiger partial charge on any atom is 0.155 e. The Morgan fingerprint density at radius 3 is 2.75 bits per heavy atom. The Morgan fingerprint density at radius 1 is 1.25 bits per heavy atom. The Hall–Kier alpha value is -0.640. The first-order valence-electron chi connectivity index (χ1n) is 9.23. The summed E-state index contributed by atoms with van der Waals surface area (Å²) in [6.45, 7) is 4.34. The second kappa shape index (κ2) is 5.43. The molecule has 0 aromatic rings. The number of aliphatic hydroxyl groups is 2. The lowest BCUT2D eigenvalue weighted by atomic mass is 9.44. The van der Waals surface area contributed by atoms with Crippen LogP contribution in [0.2, 0.25) is 0 Å². The summed E-state index contributed by atoms with van der Waals surface area (Å²) in [5.41, 5.74) is 0.815. The third-order valence-electron chi connectivity index (χ3n) is 7.78. The fourth-order valence-corrected chi connectivity index (χ4v) is 6.83. The van der Waals surface area contributed by atoms with Gasteiger partial charge in [0.25, 0.3) is 0 Å². The molecule has 0 aliphatic heterocycles. The summed E-state index contributed by atoms with van der Waals surface area (Å²) in [5, 5.41) is 22.3. The first kappa shape index (κ1) is 16.8. The van der Waals surface area contributed by atoms with Crippen LogP contribution >= 0.6 is 11.6 Å². The number of hydrogen-bond donors (Lipinski definition) is 2. The summed E-state index contributed by atoms with van der Waals surface area (Å²) in [6, 6.07) is 0. The first-order valence-corrected chi connectivity index (χ1v) is 9.61. The fourth-order valence-electron chi connectivity index (χ4n) is 6.49. The molecular formula is C20H27ClO3. The van der Waals surface area contributed by atoms with Gasteiger partial charge in [0.15, 0.2) is 5.78 Å². The molecule has 1 unspecified atom stereocenters. The third-order valence-corrected chi connectivity index (χ3v) is 8.14. The molecule has 0 amide bonds. The van der Waals surface area contributed by atoms with Crippen molar-refractivity contribution in [2.24, 2.45) is 28.6 Å². The van der Waals surface area contributed by atoms with Crippen molar-refractivity contribution in [2.75, 3.05) is 0 Å². The second-order valence-electron chi connectivity index (χ2n) is 8.89. The van der Waals surface area contributed by atoms with Gasteiger partial charge >= 0.3 is 0 Å². The third kappa shape index (κ3) is 2.14. The van der Waals surface area contributed by atoms with Crippen LogP contribution in [0.1, 0.15) is 52.4 Å². The molecule has 2 fully saturated rings. The van der Waals surface area contributed by atoms with Crippen molar-refractivity contribution in [2.45, 2.75) is 64.6 Å². The average Bonchev–Trinajstić information content (AvgIpc) is 2.52. The van der Waals surface area contributed by atoms with Gasteiger partial charge in [0.05, 0.1) is 12.2 Å². The standard InChI is InChI=1S/C20H27ClO3/c1-19-8-7-12(22)9-11(19)3-4-13-14-5-6-15(21)18(24)20(14,2)10-16(23)17(13)19/h6,9,13-14,16-18,23-24H,3-5,7-8,10H2,1-2H3/t13-,14-,16-,17+,18?,19-,20-/m0/s1. The quantitative estimate of drug-likeness (QED) is 0.702. The van der Waals surface area contributed by atoms with Gasteiger partial charge in [-0.15, -0.1) is 0 Å². The van der Waals surface area contributed by atoms with Gasteiger partial charge in [-0.3, -0.25) is 4.79 Å². The number of halogens is 1. The highest BCUT2D eigenvalue weighted by Gasteiger charge is 2.60. The zero-order chi connectivity index (χ0) is 17.3. The van der Waals surface area contributed by atoms with Crippen molar-refractivity contribution in [1.82, 2.24) is 0 Å². The Kier molecular flexibility index (Phi) is 3.80. The van der Waals surface area contributed by atoms with Crippen molar-refractivity contribution in [3.05, 3.63) is 22.8 Å². The normalized spacial score (nSPS) is 51.0. The van der Waals surface area contributed by atoms with Gasteiger partial charge in [-0.25, -0.2) is 0 Å². The zero-order valence-electron chi connectivity index (χ0n) is 14.5. The van der Waals surface area contributed by atoms with Crippen LogP contribution in [0.3, 0.4) is 0 Å². The number of allylic oxidation sites excluding steroid dienone is 3. The fraction of sp³-hybridized carbons (Fsp3) is 0.750. The predicted octanol–water partition coefficient (Wildman–Crippen LogP) is 3.58. The number of rotatable bonds is 0. The molecule has 0 aromatic carbocycles. The zero-order valence-corrected chi connectivity index (χ0v) is 15.2. The summed E-state index contributed by atoms with van der Waals surface area (Å²) < 4.78 is 0. The smallest absolute Gasteiger partial charge is 0.155 e. The van der Waals surface area contributed by atoms with E-state index < -0.39 is 12.2 Å². The lowest BCUT2D eigenvalue weighted by Crippen LogP contribution is -2.60. The van der Waals surface area contributed by atoms with Crippen molar-refractivity contribution < 1.29 is 15.0 Å². The van der Waals surface area contributed by atoms with Crippen LogP contribution in [0.4, 0.5) is 0 Å². The number of carbonyl (C=O) groups excluding carboxylic acids is 1. The summed E-state index contributed by atoms with van der Waals surface area (Å²) in [4.78, 5) is 11.9. The summed E-state index contributed by atoms with van der Waals surface area (Å²) in [5.74, 6) is 1.14. The Labute approximate surface area is 148 Å². The van der Waals surface area contributed by atoms with Gasteiger partial charge in [0.2, 0.25) is 0 Å². The van der Waals surface area contributed by atoms with E-state index in [1.54, 1.807) is 0 Å². The first-order chi connectivity index (χ1) is 11.3. The van der Waals surface area contributed by atoms with E-state index in [0.717, 1.165) is 25.7 Å². The summed E-state index contributed by atoms with van der Waals surface area (Å²) in [7, 11) is 0. The van der Waals surface area contributed by atoms with E-state index in [1.807, 2.05) is 12.2 Å². The van der Waals surface area contributed by atoms with Crippen molar-refractivity contribution in [1.29, 1.82) is 0 Å². The molecule has 4 aliphatic carbocycles. The van der Waals surface area contributed by atoms with Crippen LogP contribution in [-0.2, 0) is 4.79 Å². The van der Waals surface area contributed by atoms with Gasteiger partial charge in [0.1, 0.15) is 0 Å². The SMILES string of the molecule is C[C@]12CCC(=O)C=C1CC[C@@H]1[C@@H]2[C@@H](O)C[C@]2(C)C(O)C(Cl)=CC[C@@H]12.